The van der Waals surface area contributed by atoms with Gasteiger partial charge in [0.1, 0.15) is 11.2 Å². The van der Waals surface area contributed by atoms with Crippen molar-refractivity contribution in [1.82, 2.24) is 0 Å². The summed E-state index contributed by atoms with van der Waals surface area (Å²) < 4.78 is 19.3. The molecule has 1 aromatic heterocycles. The second-order valence-corrected chi connectivity index (χ2v) is 23.0. The molecule has 64 heavy (non-hydrogen) atoms. The van der Waals surface area contributed by atoms with Crippen LogP contribution in [0.1, 0.15) is 83.8 Å². The SMILES string of the molecule is CC(C)c1ccc(N=P(c2ccccc2)(c2ccccc2)c2cccc3c2oc2c(P(=Nc4ccc(C(C)C)cc4)(c4ccccc4)c4ccccc4)cccc23)cc1.CCCCC. The van der Waals surface area contributed by atoms with E-state index in [4.69, 9.17) is 13.9 Å². The molecule has 322 valence electrons. The minimum Gasteiger partial charge on any atom is -0.455 e. The van der Waals surface area contributed by atoms with Crippen molar-refractivity contribution < 1.29 is 4.42 Å². The lowest BCUT2D eigenvalue weighted by Gasteiger charge is -2.27. The van der Waals surface area contributed by atoms with Crippen LogP contribution in [0.5, 0.6) is 0 Å². The molecular weight excluding hydrogens is 815 g/mol. The van der Waals surface area contributed by atoms with Gasteiger partial charge in [-0.15, -0.1) is 0 Å². The quantitative estimate of drug-likeness (QED) is 0.113. The van der Waals surface area contributed by atoms with E-state index >= 15 is 0 Å². The van der Waals surface area contributed by atoms with Crippen LogP contribution in [0.2, 0.25) is 0 Å². The Labute approximate surface area is 381 Å². The lowest BCUT2D eigenvalue weighted by molar-refractivity contribution is 0.674. The van der Waals surface area contributed by atoms with Crippen molar-refractivity contribution in [2.75, 3.05) is 0 Å². The summed E-state index contributed by atoms with van der Waals surface area (Å²) >= 11 is 0. The highest BCUT2D eigenvalue weighted by Gasteiger charge is 2.34. The molecule has 0 unspecified atom stereocenters. The maximum atomic E-state index is 7.52. The molecule has 0 saturated carbocycles. The van der Waals surface area contributed by atoms with Crippen molar-refractivity contribution in [3.63, 3.8) is 0 Å². The fraction of sp³-hybridized carbons (Fsp3) is 0.186. The number of benzene rings is 8. The summed E-state index contributed by atoms with van der Waals surface area (Å²) in [4.78, 5) is 0. The number of hydrogen-bond donors (Lipinski definition) is 0. The van der Waals surface area contributed by atoms with Crippen LogP contribution in [-0.2, 0) is 0 Å². The first-order valence-corrected chi connectivity index (χ1v) is 26.4. The molecule has 8 aromatic carbocycles. The Hall–Kier alpha value is -5.98. The highest BCUT2D eigenvalue weighted by Crippen LogP contribution is 2.54. The van der Waals surface area contributed by atoms with Gasteiger partial charge < -0.3 is 4.42 Å². The molecule has 0 aliphatic carbocycles. The van der Waals surface area contributed by atoms with Crippen molar-refractivity contribution in [3.8, 4) is 0 Å². The largest absolute Gasteiger partial charge is 0.455 e. The zero-order chi connectivity index (χ0) is 44.5. The van der Waals surface area contributed by atoms with E-state index in [2.05, 4.69) is 248 Å². The number of nitrogens with zero attached hydrogens (tertiary/aromatic N) is 2. The van der Waals surface area contributed by atoms with E-state index < -0.39 is 14.1 Å². The molecule has 0 bridgehead atoms. The maximum absolute atomic E-state index is 7.52. The van der Waals surface area contributed by atoms with Crippen LogP contribution in [0.15, 0.2) is 220 Å². The normalized spacial score (nSPS) is 11.8. The van der Waals surface area contributed by atoms with Crippen LogP contribution in [-0.4, -0.2) is 0 Å². The van der Waals surface area contributed by atoms with Crippen molar-refractivity contribution in [3.05, 3.63) is 217 Å². The van der Waals surface area contributed by atoms with Crippen LogP contribution < -0.4 is 31.8 Å². The Balaban J connectivity index is 0.00000106. The highest BCUT2D eigenvalue weighted by atomic mass is 31.2. The standard InChI is InChI=1S/C54H48N2OP2.C5H12/c1-39(2)41-31-35-43(36-32-41)55-58(45-19-9-5-10-20-45,46-21-11-6-12-22-46)51-29-17-27-49-50-28-18-30-52(54(50)57-53(49)51)59(47-23-13-7-14-24-47,48-25-15-8-16-26-48)56-44-37-33-42(34-38-44)40(3)4;1-3-5-4-2/h5-40H,1-4H3;3-5H2,1-2H3. The minimum atomic E-state index is -2.74. The van der Waals surface area contributed by atoms with Crippen LogP contribution in [0.25, 0.3) is 21.9 Å². The molecule has 0 amide bonds. The smallest absolute Gasteiger partial charge is 0.145 e. The van der Waals surface area contributed by atoms with Crippen molar-refractivity contribution >= 4 is 79.2 Å². The van der Waals surface area contributed by atoms with Gasteiger partial charge in [-0.2, -0.15) is 0 Å². The molecule has 0 aliphatic rings. The third-order valence-electron chi connectivity index (χ3n) is 12.1. The van der Waals surface area contributed by atoms with Crippen molar-refractivity contribution in [1.29, 1.82) is 0 Å². The Morgan fingerprint density at radius 3 is 0.953 bits per heavy atom. The van der Waals surface area contributed by atoms with Gasteiger partial charge in [0.2, 0.25) is 0 Å². The summed E-state index contributed by atoms with van der Waals surface area (Å²) in [5.74, 6) is 0.858. The summed E-state index contributed by atoms with van der Waals surface area (Å²) in [5.41, 5.74) is 6.21. The Morgan fingerprint density at radius 1 is 0.375 bits per heavy atom. The lowest BCUT2D eigenvalue weighted by Crippen LogP contribution is -2.26. The average Bonchev–Trinajstić information content (AvgIpc) is 3.74. The molecule has 0 spiro atoms. The van der Waals surface area contributed by atoms with Crippen LogP contribution in [0, 0.1) is 0 Å². The monoisotopic (exact) mass is 874 g/mol. The lowest BCUT2D eigenvalue weighted by atomic mass is 10.0. The third kappa shape index (κ3) is 8.90. The van der Waals surface area contributed by atoms with E-state index in [0.29, 0.717) is 11.8 Å². The summed E-state index contributed by atoms with van der Waals surface area (Å²) in [5, 5.41) is 9.00. The molecule has 0 saturated heterocycles. The second-order valence-electron chi connectivity index (χ2n) is 17.1. The summed E-state index contributed by atoms with van der Waals surface area (Å²) in [6.45, 7) is 13.4. The number of unbranched alkanes of at least 4 members (excludes halogenated alkanes) is 2. The van der Waals surface area contributed by atoms with E-state index in [-0.39, 0.29) is 0 Å². The average molecular weight is 875 g/mol. The van der Waals surface area contributed by atoms with E-state index in [1.807, 2.05) is 0 Å². The third-order valence-corrected chi connectivity index (χ3v) is 19.4. The molecule has 3 nitrogen and oxygen atoms in total. The van der Waals surface area contributed by atoms with Gasteiger partial charge in [-0.1, -0.05) is 231 Å². The molecule has 0 atom stereocenters. The second kappa shape index (κ2) is 20.2. The predicted octanol–water partition coefficient (Wildman–Crippen LogP) is 15.6. The predicted molar refractivity (Wildman–Crippen MR) is 282 cm³/mol. The molecule has 0 aliphatic heterocycles. The number of hydrogen-bond acceptors (Lipinski definition) is 3. The van der Waals surface area contributed by atoms with Crippen LogP contribution >= 0.6 is 14.1 Å². The summed E-state index contributed by atoms with van der Waals surface area (Å²) in [6, 6.07) is 74.3. The number of para-hydroxylation sites is 2. The molecule has 0 fully saturated rings. The van der Waals surface area contributed by atoms with Gasteiger partial charge in [0.05, 0.1) is 25.5 Å². The van der Waals surface area contributed by atoms with Crippen LogP contribution in [0.3, 0.4) is 0 Å². The molecular formula is C59H60N2OP2. The molecule has 9 rings (SSSR count). The first kappa shape index (κ1) is 44.6. The van der Waals surface area contributed by atoms with E-state index in [1.165, 1.54) is 51.6 Å². The zero-order valence-corrected chi connectivity index (χ0v) is 39.9. The van der Waals surface area contributed by atoms with E-state index in [0.717, 1.165) is 43.9 Å². The fourth-order valence-electron chi connectivity index (χ4n) is 8.62. The Kier molecular flexibility index (Phi) is 14.1. The fourth-order valence-corrected chi connectivity index (χ4v) is 15.9. The number of fused-ring (bicyclic) bond motifs is 3. The van der Waals surface area contributed by atoms with Gasteiger partial charge in [-0.25, -0.2) is 0 Å². The van der Waals surface area contributed by atoms with Crippen molar-refractivity contribution in [2.24, 2.45) is 9.49 Å². The minimum absolute atomic E-state index is 0.429. The molecule has 0 N–H and O–H groups in total. The number of rotatable bonds is 12. The first-order chi connectivity index (χ1) is 31.3. The van der Waals surface area contributed by atoms with Gasteiger partial charge >= 0.3 is 0 Å². The zero-order valence-electron chi connectivity index (χ0n) is 38.1. The van der Waals surface area contributed by atoms with Crippen molar-refractivity contribution in [2.45, 2.75) is 72.6 Å². The van der Waals surface area contributed by atoms with E-state index in [9.17, 15) is 0 Å². The molecule has 0 radical (unpaired) electrons. The molecule has 9 aromatic rings. The number of furan rings is 1. The van der Waals surface area contributed by atoms with Gasteiger partial charge in [-0.3, -0.25) is 9.49 Å². The van der Waals surface area contributed by atoms with Gasteiger partial charge in [-0.05, 0) is 59.4 Å². The summed E-state index contributed by atoms with van der Waals surface area (Å²) in [6.07, 6.45) is 4.08. The summed E-state index contributed by atoms with van der Waals surface area (Å²) in [7, 11) is -5.48. The first-order valence-electron chi connectivity index (χ1n) is 22.9. The maximum Gasteiger partial charge on any atom is 0.145 e. The Morgan fingerprint density at radius 2 is 0.688 bits per heavy atom. The van der Waals surface area contributed by atoms with E-state index in [1.54, 1.807) is 0 Å². The van der Waals surface area contributed by atoms with Crippen LogP contribution in [0.4, 0.5) is 11.4 Å². The molecule has 5 heteroatoms. The van der Waals surface area contributed by atoms with Gasteiger partial charge in [0, 0.05) is 42.6 Å². The topological polar surface area (TPSA) is 37.9 Å². The Bertz CT molecular complexity index is 2730. The molecule has 1 heterocycles. The highest BCUT2D eigenvalue weighted by molar-refractivity contribution is 7.88. The van der Waals surface area contributed by atoms with Gasteiger partial charge in [0.15, 0.2) is 0 Å². The van der Waals surface area contributed by atoms with Gasteiger partial charge in [0.25, 0.3) is 0 Å².